The molecule has 0 aliphatic carbocycles. The number of hydrogen-bond donors (Lipinski definition) is 1. The lowest BCUT2D eigenvalue weighted by molar-refractivity contribution is -0.143. The van der Waals surface area contributed by atoms with Gasteiger partial charge in [-0.05, 0) is 31.0 Å². The minimum absolute atomic E-state index is 0.204. The Kier molecular flexibility index (Phi) is 4.86. The van der Waals surface area contributed by atoms with Gasteiger partial charge < -0.3 is 14.6 Å². The van der Waals surface area contributed by atoms with Crippen molar-refractivity contribution >= 4 is 22.8 Å². The van der Waals surface area contributed by atoms with E-state index < -0.39 is 11.9 Å². The molecule has 1 atom stereocenters. The molecule has 1 saturated heterocycles. The number of amides is 1. The number of carbonyl (C=O) groups excluding carboxylic acids is 1. The summed E-state index contributed by atoms with van der Waals surface area (Å²) in [5.74, 6) is -1.94. The van der Waals surface area contributed by atoms with E-state index in [1.165, 1.54) is 6.07 Å². The Morgan fingerprint density at radius 1 is 1.11 bits per heavy atom. The summed E-state index contributed by atoms with van der Waals surface area (Å²) in [7, 11) is 0. The van der Waals surface area contributed by atoms with Crippen LogP contribution in [0.2, 0.25) is 0 Å². The highest BCUT2D eigenvalue weighted by atomic mass is 19.1. The molecule has 0 spiro atoms. The molecule has 4 rings (SSSR count). The molecule has 1 amide bonds. The minimum Gasteiger partial charge on any atom is -0.481 e. The smallest absolute Gasteiger partial charge is 0.308 e. The number of carbonyl (C=O) groups is 2. The van der Waals surface area contributed by atoms with Crippen LogP contribution in [0.4, 0.5) is 4.39 Å². The zero-order chi connectivity index (χ0) is 19.7. The molecule has 0 saturated carbocycles. The quantitative estimate of drug-likeness (QED) is 0.750. The second-order valence-corrected chi connectivity index (χ2v) is 7.19. The van der Waals surface area contributed by atoms with Crippen molar-refractivity contribution in [1.82, 2.24) is 9.47 Å². The van der Waals surface area contributed by atoms with Crippen LogP contribution in [0.1, 0.15) is 28.9 Å². The zero-order valence-electron chi connectivity index (χ0n) is 15.3. The number of benzene rings is 2. The number of piperidine rings is 1. The number of nitrogens with zero attached hydrogens (tertiary/aromatic N) is 2. The normalized spacial score (nSPS) is 17.0. The van der Waals surface area contributed by atoms with E-state index in [4.69, 9.17) is 0 Å². The largest absolute Gasteiger partial charge is 0.481 e. The van der Waals surface area contributed by atoms with Crippen LogP contribution < -0.4 is 0 Å². The van der Waals surface area contributed by atoms with Gasteiger partial charge in [-0.1, -0.05) is 36.4 Å². The van der Waals surface area contributed by atoms with Crippen molar-refractivity contribution in [2.24, 2.45) is 5.92 Å². The number of aliphatic carboxylic acids is 1. The summed E-state index contributed by atoms with van der Waals surface area (Å²) in [4.78, 5) is 26.2. The number of para-hydroxylation sites is 1. The topological polar surface area (TPSA) is 62.5 Å². The first-order valence-electron chi connectivity index (χ1n) is 9.38. The van der Waals surface area contributed by atoms with Gasteiger partial charge in [0.05, 0.1) is 12.5 Å². The zero-order valence-corrected chi connectivity index (χ0v) is 15.3. The van der Waals surface area contributed by atoms with Crippen molar-refractivity contribution in [2.45, 2.75) is 19.4 Å². The molecule has 0 radical (unpaired) electrons. The Balaban J connectivity index is 1.73. The highest BCUT2D eigenvalue weighted by molar-refractivity contribution is 5.99. The monoisotopic (exact) mass is 380 g/mol. The van der Waals surface area contributed by atoms with Gasteiger partial charge in [0.1, 0.15) is 11.5 Å². The lowest BCUT2D eigenvalue weighted by Gasteiger charge is -2.31. The molecule has 1 aliphatic rings. The van der Waals surface area contributed by atoms with Gasteiger partial charge in [-0.25, -0.2) is 4.39 Å². The first kappa shape index (κ1) is 18.2. The fourth-order valence-corrected chi connectivity index (χ4v) is 3.88. The summed E-state index contributed by atoms with van der Waals surface area (Å²) < 4.78 is 16.1. The van der Waals surface area contributed by atoms with Gasteiger partial charge in [0.2, 0.25) is 0 Å². The number of hydrogen-bond acceptors (Lipinski definition) is 2. The van der Waals surface area contributed by atoms with Crippen LogP contribution in [0, 0.1) is 11.7 Å². The first-order chi connectivity index (χ1) is 13.5. The number of carboxylic acid groups (broad SMARTS) is 1. The van der Waals surface area contributed by atoms with E-state index in [1.54, 1.807) is 23.1 Å². The Morgan fingerprint density at radius 3 is 2.64 bits per heavy atom. The molecule has 1 aliphatic heterocycles. The minimum atomic E-state index is -0.871. The summed E-state index contributed by atoms with van der Waals surface area (Å²) in [5, 5.41) is 10.2. The van der Waals surface area contributed by atoms with Gasteiger partial charge in [-0.3, -0.25) is 9.59 Å². The van der Waals surface area contributed by atoms with Crippen molar-refractivity contribution in [3.05, 3.63) is 71.7 Å². The maximum absolute atomic E-state index is 14.2. The lowest BCUT2D eigenvalue weighted by atomic mass is 9.98. The second-order valence-electron chi connectivity index (χ2n) is 7.19. The standard InChI is InChI=1S/C22H21FN2O3/c23-18-9-3-1-7-16(18)14-25-19-10-4-2-6-15(19)12-20(25)21(26)24-11-5-8-17(13-24)22(27)28/h1-4,6-7,9-10,12,17H,5,8,11,13-14H2,(H,27,28)/t17-/m0/s1. The van der Waals surface area contributed by atoms with Crippen LogP contribution in [0.15, 0.2) is 54.6 Å². The molecule has 1 N–H and O–H groups in total. The van der Waals surface area contributed by atoms with Gasteiger partial charge in [0.25, 0.3) is 5.91 Å². The Labute approximate surface area is 162 Å². The molecule has 144 valence electrons. The van der Waals surface area contributed by atoms with E-state index in [9.17, 15) is 19.1 Å². The number of likely N-dealkylation sites (tertiary alicyclic amines) is 1. The highest BCUT2D eigenvalue weighted by Crippen LogP contribution is 2.25. The van der Waals surface area contributed by atoms with Gasteiger partial charge in [0, 0.05) is 29.6 Å². The van der Waals surface area contributed by atoms with Crippen molar-refractivity contribution in [3.8, 4) is 0 Å². The van der Waals surface area contributed by atoms with E-state index in [2.05, 4.69) is 0 Å². The number of fused-ring (bicyclic) bond motifs is 1. The third-order valence-electron chi connectivity index (χ3n) is 5.37. The second kappa shape index (κ2) is 7.46. The first-order valence-corrected chi connectivity index (χ1v) is 9.38. The number of halogens is 1. The van der Waals surface area contributed by atoms with Gasteiger partial charge >= 0.3 is 5.97 Å². The molecule has 0 bridgehead atoms. The fraction of sp³-hybridized carbons (Fsp3) is 0.273. The van der Waals surface area contributed by atoms with E-state index in [0.717, 1.165) is 10.9 Å². The molecular formula is C22H21FN2O3. The van der Waals surface area contributed by atoms with Crippen LogP contribution in [-0.2, 0) is 11.3 Å². The highest BCUT2D eigenvalue weighted by Gasteiger charge is 2.30. The van der Waals surface area contributed by atoms with Crippen molar-refractivity contribution in [3.63, 3.8) is 0 Å². The molecule has 2 heterocycles. The van der Waals surface area contributed by atoms with Crippen LogP contribution >= 0.6 is 0 Å². The van der Waals surface area contributed by atoms with Gasteiger partial charge in [-0.15, -0.1) is 0 Å². The third kappa shape index (κ3) is 3.38. The van der Waals surface area contributed by atoms with E-state index in [0.29, 0.717) is 30.6 Å². The summed E-state index contributed by atoms with van der Waals surface area (Å²) in [6.07, 6.45) is 1.24. The molecule has 3 aromatic rings. The number of aromatic nitrogens is 1. The fourth-order valence-electron chi connectivity index (χ4n) is 3.88. The number of carboxylic acids is 1. The van der Waals surface area contributed by atoms with Gasteiger partial charge in [0.15, 0.2) is 0 Å². The Hall–Kier alpha value is -3.15. The summed E-state index contributed by atoms with van der Waals surface area (Å²) in [6, 6.07) is 15.9. The third-order valence-corrected chi connectivity index (χ3v) is 5.37. The SMILES string of the molecule is O=C(O)[C@H]1CCCN(C(=O)c2cc3ccccc3n2Cc2ccccc2F)C1. The maximum atomic E-state index is 14.2. The van der Waals surface area contributed by atoms with Crippen molar-refractivity contribution in [1.29, 1.82) is 0 Å². The van der Waals surface area contributed by atoms with Crippen molar-refractivity contribution in [2.75, 3.05) is 13.1 Å². The molecule has 2 aromatic carbocycles. The molecule has 5 nitrogen and oxygen atoms in total. The van der Waals surface area contributed by atoms with E-state index >= 15 is 0 Å². The predicted molar refractivity (Wildman–Crippen MR) is 104 cm³/mol. The van der Waals surface area contributed by atoms with Crippen molar-refractivity contribution < 1.29 is 19.1 Å². The molecule has 1 fully saturated rings. The summed E-state index contributed by atoms with van der Waals surface area (Å²) in [5.41, 5.74) is 1.80. The van der Waals surface area contributed by atoms with Gasteiger partial charge in [-0.2, -0.15) is 0 Å². The maximum Gasteiger partial charge on any atom is 0.308 e. The summed E-state index contributed by atoms with van der Waals surface area (Å²) >= 11 is 0. The predicted octanol–water partition coefficient (Wildman–Crippen LogP) is 3.77. The molecule has 6 heteroatoms. The number of rotatable bonds is 4. The van der Waals surface area contributed by atoms with E-state index in [1.807, 2.05) is 34.9 Å². The van der Waals surface area contributed by atoms with Crippen LogP contribution in [0.5, 0.6) is 0 Å². The Bertz CT molecular complexity index is 1040. The average molecular weight is 380 g/mol. The molecule has 0 unspecified atom stereocenters. The average Bonchev–Trinajstić information content (AvgIpc) is 3.08. The summed E-state index contributed by atoms with van der Waals surface area (Å²) in [6.45, 7) is 0.969. The van der Waals surface area contributed by atoms with Crippen LogP contribution in [0.25, 0.3) is 10.9 Å². The Morgan fingerprint density at radius 2 is 1.86 bits per heavy atom. The van der Waals surface area contributed by atoms with Crippen LogP contribution in [-0.4, -0.2) is 39.5 Å². The lowest BCUT2D eigenvalue weighted by Crippen LogP contribution is -2.43. The molecule has 1 aromatic heterocycles. The molecular weight excluding hydrogens is 359 g/mol. The molecule has 28 heavy (non-hydrogen) atoms. The van der Waals surface area contributed by atoms with Crippen LogP contribution in [0.3, 0.4) is 0 Å². The van der Waals surface area contributed by atoms with E-state index in [-0.39, 0.29) is 24.8 Å².